The van der Waals surface area contributed by atoms with E-state index in [1.807, 2.05) is 33.8 Å². The molecule has 0 aliphatic heterocycles. The minimum absolute atomic E-state index is 0.0566. The van der Waals surface area contributed by atoms with E-state index in [0.717, 1.165) is 19.4 Å². The molecule has 1 atom stereocenters. The number of carbonyl (C=O) groups is 1. The molecule has 0 bridgehead atoms. The van der Waals surface area contributed by atoms with Crippen LogP contribution < -0.4 is 10.6 Å². The molecule has 0 aliphatic rings. The molecule has 0 aromatic rings. The van der Waals surface area contributed by atoms with Gasteiger partial charge in [0.1, 0.15) is 0 Å². The van der Waals surface area contributed by atoms with E-state index in [9.17, 15) is 4.79 Å². The van der Waals surface area contributed by atoms with Gasteiger partial charge in [-0.2, -0.15) is 0 Å². The Morgan fingerprint density at radius 3 is 2.53 bits per heavy atom. The molecule has 88 valence electrons. The molecule has 0 saturated heterocycles. The number of unbranched alkanes of at least 4 members (excludes halogenated alkanes) is 1. The molecule has 1 unspecified atom stereocenters. The Morgan fingerprint density at radius 1 is 1.47 bits per heavy atom. The zero-order chi connectivity index (χ0) is 11.9. The molecule has 0 aromatic carbocycles. The van der Waals surface area contributed by atoms with Crippen LogP contribution in [0.3, 0.4) is 0 Å². The summed E-state index contributed by atoms with van der Waals surface area (Å²) in [7, 11) is 0. The molecule has 0 saturated carbocycles. The van der Waals surface area contributed by atoms with E-state index in [1.54, 1.807) is 0 Å². The third-order valence-corrected chi connectivity index (χ3v) is 1.93. The van der Waals surface area contributed by atoms with Gasteiger partial charge >= 0.3 is 0 Å². The van der Waals surface area contributed by atoms with E-state index in [1.165, 1.54) is 0 Å². The van der Waals surface area contributed by atoms with Gasteiger partial charge in [0.2, 0.25) is 5.91 Å². The molecule has 0 spiro atoms. The average Bonchev–Trinajstić information content (AvgIpc) is 2.09. The number of allylic oxidation sites excluding steroid dienone is 1. The van der Waals surface area contributed by atoms with Crippen LogP contribution in [0.25, 0.3) is 0 Å². The smallest absolute Gasteiger partial charge is 0.237 e. The van der Waals surface area contributed by atoms with Crippen LogP contribution in [0, 0.1) is 0 Å². The van der Waals surface area contributed by atoms with Crippen molar-refractivity contribution in [1.29, 1.82) is 0 Å². The first-order valence-corrected chi connectivity index (χ1v) is 5.53. The van der Waals surface area contributed by atoms with Crippen LogP contribution in [-0.2, 0) is 4.79 Å². The van der Waals surface area contributed by atoms with Gasteiger partial charge in [-0.15, -0.1) is 6.58 Å². The number of carbonyl (C=O) groups excluding carboxylic acids is 1. The second-order valence-electron chi connectivity index (χ2n) is 4.85. The zero-order valence-electron chi connectivity index (χ0n) is 10.4. The SMILES string of the molecule is C=CCCCNC(C)C(=O)NC(C)(C)C. The van der Waals surface area contributed by atoms with Crippen LogP contribution in [0.4, 0.5) is 0 Å². The van der Waals surface area contributed by atoms with Gasteiger partial charge in [-0.3, -0.25) is 4.79 Å². The zero-order valence-corrected chi connectivity index (χ0v) is 10.4. The average molecular weight is 212 g/mol. The highest BCUT2D eigenvalue weighted by Gasteiger charge is 2.18. The van der Waals surface area contributed by atoms with Gasteiger partial charge in [-0.05, 0) is 47.1 Å². The van der Waals surface area contributed by atoms with E-state index >= 15 is 0 Å². The van der Waals surface area contributed by atoms with Gasteiger partial charge in [0.05, 0.1) is 6.04 Å². The summed E-state index contributed by atoms with van der Waals surface area (Å²) >= 11 is 0. The second kappa shape index (κ2) is 6.62. The summed E-state index contributed by atoms with van der Waals surface area (Å²) in [4.78, 5) is 11.6. The largest absolute Gasteiger partial charge is 0.350 e. The van der Waals surface area contributed by atoms with Crippen LogP contribution >= 0.6 is 0 Å². The van der Waals surface area contributed by atoms with E-state index in [2.05, 4.69) is 17.2 Å². The van der Waals surface area contributed by atoms with Gasteiger partial charge in [-0.25, -0.2) is 0 Å². The number of nitrogens with one attached hydrogen (secondary N) is 2. The minimum atomic E-state index is -0.159. The molecule has 3 nitrogen and oxygen atoms in total. The van der Waals surface area contributed by atoms with E-state index < -0.39 is 0 Å². The van der Waals surface area contributed by atoms with Gasteiger partial charge in [0, 0.05) is 5.54 Å². The molecule has 1 amide bonds. The lowest BCUT2D eigenvalue weighted by Crippen LogP contribution is -2.49. The summed E-state index contributed by atoms with van der Waals surface area (Å²) in [6.07, 6.45) is 3.90. The Labute approximate surface area is 93.3 Å². The Kier molecular flexibility index (Phi) is 6.25. The number of amides is 1. The third kappa shape index (κ3) is 8.18. The minimum Gasteiger partial charge on any atom is -0.350 e. The van der Waals surface area contributed by atoms with Crippen molar-refractivity contribution in [3.05, 3.63) is 12.7 Å². The summed E-state index contributed by atoms with van der Waals surface area (Å²) in [6.45, 7) is 12.3. The first-order chi connectivity index (χ1) is 6.87. The Bertz CT molecular complexity index is 206. The Balaban J connectivity index is 3.74. The third-order valence-electron chi connectivity index (χ3n) is 1.93. The molecule has 15 heavy (non-hydrogen) atoms. The number of hydrogen-bond acceptors (Lipinski definition) is 2. The quantitative estimate of drug-likeness (QED) is 0.521. The highest BCUT2D eigenvalue weighted by atomic mass is 16.2. The van der Waals surface area contributed by atoms with Gasteiger partial charge < -0.3 is 10.6 Å². The van der Waals surface area contributed by atoms with Crippen molar-refractivity contribution in [2.45, 2.75) is 52.1 Å². The van der Waals surface area contributed by atoms with Crippen LogP contribution in [-0.4, -0.2) is 24.0 Å². The predicted octanol–water partition coefficient (Wildman–Crippen LogP) is 1.85. The predicted molar refractivity (Wildman–Crippen MR) is 64.8 cm³/mol. The van der Waals surface area contributed by atoms with Crippen molar-refractivity contribution in [3.8, 4) is 0 Å². The summed E-state index contributed by atoms with van der Waals surface area (Å²) in [5, 5.41) is 6.12. The molecule has 0 radical (unpaired) electrons. The summed E-state index contributed by atoms with van der Waals surface area (Å²) in [6, 6.07) is -0.131. The lowest BCUT2D eigenvalue weighted by atomic mass is 10.1. The monoisotopic (exact) mass is 212 g/mol. The van der Waals surface area contributed by atoms with E-state index in [4.69, 9.17) is 0 Å². The Hall–Kier alpha value is -0.830. The maximum absolute atomic E-state index is 11.6. The molecule has 0 aromatic heterocycles. The molecule has 2 N–H and O–H groups in total. The van der Waals surface area contributed by atoms with Crippen LogP contribution in [0.15, 0.2) is 12.7 Å². The number of rotatable bonds is 6. The topological polar surface area (TPSA) is 41.1 Å². The van der Waals surface area contributed by atoms with Crippen LogP contribution in [0.5, 0.6) is 0 Å². The Morgan fingerprint density at radius 2 is 2.07 bits per heavy atom. The standard InChI is InChI=1S/C12H24N2O/c1-6-7-8-9-13-10(2)11(15)14-12(3,4)5/h6,10,13H,1,7-9H2,2-5H3,(H,14,15). The number of hydrogen-bond donors (Lipinski definition) is 2. The second-order valence-corrected chi connectivity index (χ2v) is 4.85. The van der Waals surface area contributed by atoms with Crippen molar-refractivity contribution >= 4 is 5.91 Å². The highest BCUT2D eigenvalue weighted by Crippen LogP contribution is 1.99. The lowest BCUT2D eigenvalue weighted by molar-refractivity contribution is -0.124. The fourth-order valence-electron chi connectivity index (χ4n) is 1.14. The van der Waals surface area contributed by atoms with Gasteiger partial charge in [0.25, 0.3) is 0 Å². The molecule has 0 aliphatic carbocycles. The maximum atomic E-state index is 11.6. The molecule has 0 heterocycles. The van der Waals surface area contributed by atoms with Gasteiger partial charge in [-0.1, -0.05) is 6.08 Å². The summed E-state index contributed by atoms with van der Waals surface area (Å²) in [5.41, 5.74) is -0.159. The van der Waals surface area contributed by atoms with Crippen molar-refractivity contribution < 1.29 is 4.79 Å². The van der Waals surface area contributed by atoms with Crippen molar-refractivity contribution in [1.82, 2.24) is 10.6 Å². The maximum Gasteiger partial charge on any atom is 0.237 e. The van der Waals surface area contributed by atoms with E-state index in [0.29, 0.717) is 0 Å². The van der Waals surface area contributed by atoms with Gasteiger partial charge in [0.15, 0.2) is 0 Å². The molecule has 3 heteroatoms. The van der Waals surface area contributed by atoms with E-state index in [-0.39, 0.29) is 17.5 Å². The lowest BCUT2D eigenvalue weighted by Gasteiger charge is -2.23. The van der Waals surface area contributed by atoms with Crippen LogP contribution in [0.2, 0.25) is 0 Å². The summed E-state index contributed by atoms with van der Waals surface area (Å²) in [5.74, 6) is 0.0566. The van der Waals surface area contributed by atoms with Crippen molar-refractivity contribution in [2.24, 2.45) is 0 Å². The fourth-order valence-corrected chi connectivity index (χ4v) is 1.14. The fraction of sp³-hybridized carbons (Fsp3) is 0.750. The molecule has 0 fully saturated rings. The molecular formula is C12H24N2O. The highest BCUT2D eigenvalue weighted by molar-refractivity contribution is 5.81. The summed E-state index contributed by atoms with van der Waals surface area (Å²) < 4.78 is 0. The van der Waals surface area contributed by atoms with Crippen molar-refractivity contribution in [2.75, 3.05) is 6.54 Å². The first-order valence-electron chi connectivity index (χ1n) is 5.53. The first kappa shape index (κ1) is 14.2. The molecular weight excluding hydrogens is 188 g/mol. The van der Waals surface area contributed by atoms with Crippen molar-refractivity contribution in [3.63, 3.8) is 0 Å². The molecule has 0 rings (SSSR count). The normalized spacial score (nSPS) is 13.3. The van der Waals surface area contributed by atoms with Crippen LogP contribution in [0.1, 0.15) is 40.5 Å².